The first-order chi connectivity index (χ1) is 16.5. The number of hydrogen-bond donors (Lipinski definition) is 0. The molecule has 176 valence electrons. The van der Waals surface area contributed by atoms with Gasteiger partial charge in [0.2, 0.25) is 0 Å². The van der Waals surface area contributed by atoms with Crippen molar-refractivity contribution in [3.63, 3.8) is 0 Å². The minimum absolute atomic E-state index is 0.315. The first kappa shape index (κ1) is 24.7. The Balaban J connectivity index is 1.64. The normalized spacial score (nSPS) is 11.4. The van der Waals surface area contributed by atoms with Crippen LogP contribution in [0.15, 0.2) is 66.2 Å². The Hall–Kier alpha value is -2.43. The number of nitrogens with zero attached hydrogens (tertiary/aromatic N) is 5. The van der Waals surface area contributed by atoms with Crippen LogP contribution in [-0.4, -0.2) is 24.0 Å². The molecule has 34 heavy (non-hydrogen) atoms. The van der Waals surface area contributed by atoms with Crippen LogP contribution in [0.1, 0.15) is 24.0 Å². The largest absolute Gasteiger partial charge is 0.487 e. The predicted molar refractivity (Wildman–Crippen MR) is 151 cm³/mol. The number of para-hydroxylation sites is 1. The molecule has 4 rings (SSSR count). The number of benzene rings is 1. The minimum Gasteiger partial charge on any atom is -0.487 e. The average Bonchev–Trinajstić information content (AvgIpc) is 3.24. The number of aromatic nitrogens is 4. The van der Waals surface area contributed by atoms with E-state index < -0.39 is 21.0 Å². The highest BCUT2D eigenvalue weighted by Gasteiger charge is 2.15. The molecule has 1 aromatic carbocycles. The third-order valence-corrected chi connectivity index (χ3v) is 8.13. The van der Waals surface area contributed by atoms with E-state index in [0.29, 0.717) is 17.4 Å². The summed E-state index contributed by atoms with van der Waals surface area (Å²) in [7, 11) is 1.99. The second kappa shape index (κ2) is 11.3. The van der Waals surface area contributed by atoms with Crippen LogP contribution >= 0.6 is 44.4 Å². The molecule has 0 aliphatic rings. The SMILES string of the molecule is C=IN(/C=C\C)c1cc(C)nc2c(OCc3c(Cl)cncc3SCc3nccn3C)cccc12. The topological polar surface area (TPSA) is 56.1 Å². The van der Waals surface area contributed by atoms with E-state index in [1.54, 1.807) is 24.2 Å². The van der Waals surface area contributed by atoms with Crippen LogP contribution in [0.2, 0.25) is 5.02 Å². The van der Waals surface area contributed by atoms with Crippen molar-refractivity contribution < 1.29 is 4.74 Å². The number of rotatable bonds is 9. The molecule has 9 heteroatoms. The number of ether oxygens (including phenoxy) is 1. The van der Waals surface area contributed by atoms with Gasteiger partial charge in [-0.2, -0.15) is 0 Å². The highest BCUT2D eigenvalue weighted by molar-refractivity contribution is 14.2. The molecule has 4 aromatic rings. The molecular weight excluding hydrogens is 581 g/mol. The summed E-state index contributed by atoms with van der Waals surface area (Å²) >= 11 is 7.76. The summed E-state index contributed by atoms with van der Waals surface area (Å²) in [6.07, 6.45) is 11.3. The molecule has 0 bridgehead atoms. The van der Waals surface area contributed by atoms with Crippen molar-refractivity contribution in [3.8, 4) is 5.75 Å². The Morgan fingerprint density at radius 1 is 1.32 bits per heavy atom. The Morgan fingerprint density at radius 3 is 2.91 bits per heavy atom. The van der Waals surface area contributed by atoms with Crippen LogP contribution in [0.3, 0.4) is 0 Å². The van der Waals surface area contributed by atoms with E-state index in [-0.39, 0.29) is 0 Å². The fourth-order valence-electron chi connectivity index (χ4n) is 3.47. The van der Waals surface area contributed by atoms with E-state index in [4.69, 9.17) is 21.3 Å². The maximum Gasteiger partial charge on any atom is 0.146 e. The van der Waals surface area contributed by atoms with Gasteiger partial charge in [0.15, 0.2) is 0 Å². The molecular formula is C25H25ClIN5OS. The maximum atomic E-state index is 6.54. The van der Waals surface area contributed by atoms with Gasteiger partial charge in [-0.25, -0.2) is 9.97 Å². The fourth-order valence-corrected chi connectivity index (χ4v) is 6.10. The van der Waals surface area contributed by atoms with E-state index in [9.17, 15) is 0 Å². The zero-order valence-corrected chi connectivity index (χ0v) is 22.9. The quantitative estimate of drug-likeness (QED) is 0.118. The number of pyridine rings is 2. The lowest BCUT2D eigenvalue weighted by atomic mass is 10.1. The lowest BCUT2D eigenvalue weighted by Crippen LogP contribution is -2.04. The lowest BCUT2D eigenvalue weighted by molar-refractivity contribution is 0.306. The number of aryl methyl sites for hydroxylation is 2. The van der Waals surface area contributed by atoms with Crippen molar-refractivity contribution in [1.29, 1.82) is 0 Å². The smallest absolute Gasteiger partial charge is 0.146 e. The lowest BCUT2D eigenvalue weighted by Gasteiger charge is -2.19. The second-order valence-electron chi connectivity index (χ2n) is 7.48. The van der Waals surface area contributed by atoms with Gasteiger partial charge in [0.1, 0.15) is 23.7 Å². The molecule has 0 radical (unpaired) electrons. The van der Waals surface area contributed by atoms with Gasteiger partial charge >= 0.3 is 0 Å². The molecule has 3 aromatic heterocycles. The number of anilines is 1. The van der Waals surface area contributed by atoms with Gasteiger partial charge in [-0.3, -0.25) is 8.10 Å². The van der Waals surface area contributed by atoms with Gasteiger partial charge in [-0.05, 0) is 51.5 Å². The molecule has 0 fully saturated rings. The molecule has 0 saturated carbocycles. The van der Waals surface area contributed by atoms with Crippen LogP contribution in [0, 0.1) is 6.92 Å². The number of imidazole rings is 1. The summed E-state index contributed by atoms with van der Waals surface area (Å²) in [5.41, 5.74) is 3.76. The minimum atomic E-state index is -0.424. The summed E-state index contributed by atoms with van der Waals surface area (Å²) < 4.78 is 14.7. The Labute approximate surface area is 219 Å². The zero-order chi connectivity index (χ0) is 24.1. The van der Waals surface area contributed by atoms with Crippen LogP contribution < -0.4 is 7.85 Å². The van der Waals surface area contributed by atoms with E-state index in [0.717, 1.165) is 44.3 Å². The molecule has 3 heterocycles. The molecule has 0 aliphatic heterocycles. The van der Waals surface area contributed by atoms with Crippen molar-refractivity contribution >= 4 is 65.5 Å². The number of fused-ring (bicyclic) bond motifs is 1. The first-order valence-electron chi connectivity index (χ1n) is 10.6. The van der Waals surface area contributed by atoms with Crippen LogP contribution in [0.4, 0.5) is 5.69 Å². The first-order valence-corrected chi connectivity index (χ1v) is 14.4. The fraction of sp³-hybridized carbons (Fsp3) is 0.200. The summed E-state index contributed by atoms with van der Waals surface area (Å²) in [5, 5.41) is 1.62. The molecule has 6 nitrogen and oxygen atoms in total. The summed E-state index contributed by atoms with van der Waals surface area (Å²) in [6.45, 7) is 4.33. The van der Waals surface area contributed by atoms with Gasteiger partial charge in [-0.1, -0.05) is 29.8 Å². The van der Waals surface area contributed by atoms with Crippen molar-refractivity contribution in [2.24, 2.45) is 7.05 Å². The molecule has 0 aliphatic carbocycles. The summed E-state index contributed by atoms with van der Waals surface area (Å²) in [4.78, 5) is 14.5. The molecule has 0 atom stereocenters. The van der Waals surface area contributed by atoms with Gasteiger partial charge in [0, 0.05) is 59.6 Å². The number of hydrogen-bond acceptors (Lipinski definition) is 6. The predicted octanol–water partition coefficient (Wildman–Crippen LogP) is 6.85. The van der Waals surface area contributed by atoms with Gasteiger partial charge < -0.3 is 9.30 Å². The van der Waals surface area contributed by atoms with Crippen LogP contribution in [-0.2, 0) is 19.4 Å². The molecule has 0 N–H and O–H groups in total. The Morgan fingerprint density at radius 2 is 2.18 bits per heavy atom. The second-order valence-corrected chi connectivity index (χ2v) is 10.6. The van der Waals surface area contributed by atoms with Gasteiger partial charge in [0.25, 0.3) is 0 Å². The van der Waals surface area contributed by atoms with Crippen molar-refractivity contribution in [1.82, 2.24) is 19.5 Å². The number of halogens is 2. The van der Waals surface area contributed by atoms with E-state index in [1.165, 1.54) is 0 Å². The molecule has 0 spiro atoms. The Kier molecular flexibility index (Phi) is 8.23. The van der Waals surface area contributed by atoms with Gasteiger partial charge in [0.05, 0.1) is 16.5 Å². The standard InChI is InChI=1S/C25H25ClIN5OS/c1-5-10-32(27-3)21-12-17(2)30-25-18(21)7-6-8-22(25)33-15-19-20(26)13-28-14-23(19)34-16-24-29-9-11-31(24)4/h5-14H,3,15-16H2,1-2,4H3/b10-5-. The van der Waals surface area contributed by atoms with E-state index in [1.807, 2.05) is 56.1 Å². The average molecular weight is 606 g/mol. The van der Waals surface area contributed by atoms with Crippen LogP contribution in [0.5, 0.6) is 5.75 Å². The maximum absolute atomic E-state index is 6.54. The number of allylic oxidation sites excluding steroid dienone is 1. The van der Waals surface area contributed by atoms with E-state index >= 15 is 0 Å². The molecule has 0 saturated heterocycles. The van der Waals surface area contributed by atoms with Gasteiger partial charge in [-0.15, -0.1) is 11.8 Å². The highest BCUT2D eigenvalue weighted by Crippen LogP contribution is 2.36. The molecule has 0 amide bonds. The highest BCUT2D eigenvalue weighted by atomic mass is 127. The third-order valence-electron chi connectivity index (χ3n) is 5.16. The monoisotopic (exact) mass is 605 g/mol. The summed E-state index contributed by atoms with van der Waals surface area (Å²) in [6, 6.07) is 8.13. The number of thioether (sulfide) groups is 1. The van der Waals surface area contributed by atoms with Crippen LogP contribution in [0.25, 0.3) is 10.9 Å². The Bertz CT molecular complexity index is 1360. The zero-order valence-electron chi connectivity index (χ0n) is 19.2. The third kappa shape index (κ3) is 5.45. The van der Waals surface area contributed by atoms with E-state index in [2.05, 4.69) is 35.9 Å². The van der Waals surface area contributed by atoms with Crippen molar-refractivity contribution in [2.45, 2.75) is 31.1 Å². The summed E-state index contributed by atoms with van der Waals surface area (Å²) in [5.74, 6) is 2.42. The molecule has 0 unspecified atom stereocenters. The van der Waals surface area contributed by atoms with Crippen molar-refractivity contribution in [2.75, 3.05) is 3.11 Å². The van der Waals surface area contributed by atoms with Crippen molar-refractivity contribution in [3.05, 3.63) is 83.4 Å².